The van der Waals surface area contributed by atoms with Crippen LogP contribution in [0.3, 0.4) is 0 Å². The van der Waals surface area contributed by atoms with Gasteiger partial charge < -0.3 is 5.32 Å². The molecule has 6 heteroatoms. The van der Waals surface area contributed by atoms with E-state index >= 15 is 0 Å². The summed E-state index contributed by atoms with van der Waals surface area (Å²) in [6.07, 6.45) is 0. The Kier molecular flexibility index (Phi) is 3.79. The Balaban J connectivity index is 2.61. The lowest BCUT2D eigenvalue weighted by molar-refractivity contribution is -0.151. The van der Waals surface area contributed by atoms with Crippen LogP contribution in [0, 0.1) is 0 Å². The zero-order valence-electron chi connectivity index (χ0n) is 8.87. The largest absolute Gasteiger partial charge is 0.355 e. The Hall–Kier alpha value is -1.43. The van der Waals surface area contributed by atoms with E-state index in [0.717, 1.165) is 4.90 Å². The Morgan fingerprint density at radius 2 is 2.27 bits per heavy atom. The maximum absolute atomic E-state index is 11.5. The van der Waals surface area contributed by atoms with Gasteiger partial charge in [0, 0.05) is 6.54 Å². The van der Waals surface area contributed by atoms with E-state index in [0.29, 0.717) is 6.54 Å². The number of carbonyl (C=O) groups excluding carboxylic acids is 3. The molecule has 0 radical (unpaired) electrons. The van der Waals surface area contributed by atoms with Gasteiger partial charge in [0.25, 0.3) is 0 Å². The summed E-state index contributed by atoms with van der Waals surface area (Å²) < 4.78 is 0. The van der Waals surface area contributed by atoms with Crippen LogP contribution in [0.2, 0.25) is 0 Å². The smallest absolute Gasteiger partial charge is 0.246 e. The van der Waals surface area contributed by atoms with Crippen molar-refractivity contribution in [1.82, 2.24) is 15.5 Å². The van der Waals surface area contributed by atoms with Crippen LogP contribution in [0.1, 0.15) is 13.8 Å². The molecule has 6 nitrogen and oxygen atoms in total. The maximum atomic E-state index is 11.5. The third kappa shape index (κ3) is 2.76. The number of likely N-dealkylation sites (N-methyl/N-ethyl adjacent to an activating group) is 1. The standard InChI is InChI=1S/C9H15N3O3/c1-3-10-7(13)5-12-8(14)4-11-6(2)9(12)15/h6,11H,3-5H2,1-2H3,(H,10,13). The number of hydrogen-bond donors (Lipinski definition) is 2. The first kappa shape index (κ1) is 11.6. The average molecular weight is 213 g/mol. The van der Waals surface area contributed by atoms with Gasteiger partial charge >= 0.3 is 0 Å². The van der Waals surface area contributed by atoms with Crippen LogP contribution >= 0.6 is 0 Å². The first-order valence-electron chi connectivity index (χ1n) is 4.90. The molecule has 1 rings (SSSR count). The van der Waals surface area contributed by atoms with E-state index in [4.69, 9.17) is 0 Å². The van der Waals surface area contributed by atoms with Crippen molar-refractivity contribution >= 4 is 17.7 Å². The monoisotopic (exact) mass is 213 g/mol. The van der Waals surface area contributed by atoms with Crippen LogP contribution in [0.15, 0.2) is 0 Å². The fourth-order valence-corrected chi connectivity index (χ4v) is 1.34. The van der Waals surface area contributed by atoms with E-state index in [1.807, 2.05) is 0 Å². The SMILES string of the molecule is CCNC(=O)CN1C(=O)CNC(C)C1=O. The highest BCUT2D eigenvalue weighted by molar-refractivity contribution is 6.03. The van der Waals surface area contributed by atoms with Gasteiger partial charge in [-0.25, -0.2) is 0 Å². The molecule has 84 valence electrons. The molecule has 1 heterocycles. The molecule has 0 aromatic carbocycles. The van der Waals surface area contributed by atoms with E-state index in [2.05, 4.69) is 10.6 Å². The Morgan fingerprint density at radius 3 is 2.87 bits per heavy atom. The summed E-state index contributed by atoms with van der Waals surface area (Å²) in [7, 11) is 0. The van der Waals surface area contributed by atoms with Crippen LogP contribution in [0.5, 0.6) is 0 Å². The molecular formula is C9H15N3O3. The van der Waals surface area contributed by atoms with Gasteiger partial charge in [-0.2, -0.15) is 0 Å². The van der Waals surface area contributed by atoms with Crippen LogP contribution in [0.25, 0.3) is 0 Å². The van der Waals surface area contributed by atoms with E-state index in [9.17, 15) is 14.4 Å². The molecule has 3 amide bonds. The zero-order valence-corrected chi connectivity index (χ0v) is 8.87. The minimum absolute atomic E-state index is 0.103. The molecule has 1 unspecified atom stereocenters. The molecule has 0 aromatic rings. The lowest BCUT2D eigenvalue weighted by atomic mass is 10.2. The number of amides is 3. The van der Waals surface area contributed by atoms with Crippen molar-refractivity contribution in [3.63, 3.8) is 0 Å². The number of carbonyl (C=O) groups is 3. The Morgan fingerprint density at radius 1 is 1.60 bits per heavy atom. The molecule has 1 aliphatic rings. The van der Waals surface area contributed by atoms with Crippen molar-refractivity contribution in [2.45, 2.75) is 19.9 Å². The highest BCUT2D eigenvalue weighted by Crippen LogP contribution is 2.01. The summed E-state index contributed by atoms with van der Waals surface area (Å²) in [6.45, 7) is 3.86. The van der Waals surface area contributed by atoms with Crippen molar-refractivity contribution in [1.29, 1.82) is 0 Å². The lowest BCUT2D eigenvalue weighted by Crippen LogP contribution is -2.58. The highest BCUT2D eigenvalue weighted by Gasteiger charge is 2.32. The second-order valence-corrected chi connectivity index (χ2v) is 3.37. The third-order valence-corrected chi connectivity index (χ3v) is 2.17. The first-order chi connectivity index (χ1) is 7.06. The molecule has 15 heavy (non-hydrogen) atoms. The van der Waals surface area contributed by atoms with Gasteiger partial charge in [0.05, 0.1) is 12.6 Å². The maximum Gasteiger partial charge on any atom is 0.246 e. The molecule has 1 saturated heterocycles. The summed E-state index contributed by atoms with van der Waals surface area (Å²) in [5.41, 5.74) is 0. The minimum atomic E-state index is -0.405. The Labute approximate surface area is 88.0 Å². The molecule has 1 aliphatic heterocycles. The summed E-state index contributed by atoms with van der Waals surface area (Å²) in [5, 5.41) is 5.29. The lowest BCUT2D eigenvalue weighted by Gasteiger charge is -2.29. The second kappa shape index (κ2) is 4.88. The predicted octanol–water partition coefficient (Wildman–Crippen LogP) is -1.53. The van der Waals surface area contributed by atoms with Gasteiger partial charge in [0.15, 0.2) is 0 Å². The fourth-order valence-electron chi connectivity index (χ4n) is 1.34. The zero-order chi connectivity index (χ0) is 11.4. The molecule has 0 saturated carbocycles. The first-order valence-corrected chi connectivity index (χ1v) is 4.90. The number of nitrogens with zero attached hydrogens (tertiary/aromatic N) is 1. The number of hydrogen-bond acceptors (Lipinski definition) is 4. The van der Waals surface area contributed by atoms with Crippen molar-refractivity contribution < 1.29 is 14.4 Å². The number of imide groups is 1. The van der Waals surface area contributed by atoms with Crippen LogP contribution in [-0.4, -0.2) is 48.3 Å². The van der Waals surface area contributed by atoms with Crippen molar-refractivity contribution in [3.8, 4) is 0 Å². The molecular weight excluding hydrogens is 198 g/mol. The number of rotatable bonds is 3. The minimum Gasteiger partial charge on any atom is -0.355 e. The molecule has 0 spiro atoms. The predicted molar refractivity (Wildman–Crippen MR) is 52.9 cm³/mol. The molecule has 1 fully saturated rings. The van der Waals surface area contributed by atoms with Gasteiger partial charge in [-0.05, 0) is 13.8 Å². The summed E-state index contributed by atoms with van der Waals surface area (Å²) in [5.74, 6) is -1.02. The molecule has 0 aromatic heterocycles. The number of piperazine rings is 1. The summed E-state index contributed by atoms with van der Waals surface area (Å²) in [4.78, 5) is 35.1. The topological polar surface area (TPSA) is 78.5 Å². The van der Waals surface area contributed by atoms with Crippen molar-refractivity contribution in [2.75, 3.05) is 19.6 Å². The molecule has 2 N–H and O–H groups in total. The third-order valence-electron chi connectivity index (χ3n) is 2.17. The Bertz CT molecular complexity index is 290. The number of nitrogens with one attached hydrogen (secondary N) is 2. The average Bonchev–Trinajstić information content (AvgIpc) is 2.19. The van der Waals surface area contributed by atoms with Gasteiger partial charge in [-0.15, -0.1) is 0 Å². The van der Waals surface area contributed by atoms with Crippen molar-refractivity contribution in [2.24, 2.45) is 0 Å². The van der Waals surface area contributed by atoms with Crippen LogP contribution in [0.4, 0.5) is 0 Å². The molecule has 0 aliphatic carbocycles. The van der Waals surface area contributed by atoms with Gasteiger partial charge in [-0.3, -0.25) is 24.6 Å². The summed E-state index contributed by atoms with van der Waals surface area (Å²) in [6, 6.07) is -0.405. The molecule has 0 bridgehead atoms. The van der Waals surface area contributed by atoms with Crippen LogP contribution in [-0.2, 0) is 14.4 Å². The quantitative estimate of drug-likeness (QED) is 0.557. The van der Waals surface area contributed by atoms with Gasteiger partial charge in [0.1, 0.15) is 6.54 Å². The van der Waals surface area contributed by atoms with E-state index in [1.165, 1.54) is 0 Å². The second-order valence-electron chi connectivity index (χ2n) is 3.37. The fraction of sp³-hybridized carbons (Fsp3) is 0.667. The van der Waals surface area contributed by atoms with Gasteiger partial charge in [0.2, 0.25) is 17.7 Å². The normalized spacial score (nSPS) is 21.7. The van der Waals surface area contributed by atoms with E-state index in [1.54, 1.807) is 13.8 Å². The van der Waals surface area contributed by atoms with Gasteiger partial charge in [-0.1, -0.05) is 0 Å². The summed E-state index contributed by atoms with van der Waals surface area (Å²) >= 11 is 0. The van der Waals surface area contributed by atoms with E-state index < -0.39 is 6.04 Å². The van der Waals surface area contributed by atoms with Crippen LogP contribution < -0.4 is 10.6 Å². The molecule has 1 atom stereocenters. The van der Waals surface area contributed by atoms with E-state index in [-0.39, 0.29) is 30.8 Å². The highest BCUT2D eigenvalue weighted by atomic mass is 16.2. The van der Waals surface area contributed by atoms with Crippen molar-refractivity contribution in [3.05, 3.63) is 0 Å².